The van der Waals surface area contributed by atoms with Crippen LogP contribution in [0, 0.1) is 5.82 Å². The van der Waals surface area contributed by atoms with Crippen molar-refractivity contribution in [2.45, 2.75) is 19.4 Å². The van der Waals surface area contributed by atoms with Crippen LogP contribution < -0.4 is 10.1 Å². The fourth-order valence-corrected chi connectivity index (χ4v) is 5.08. The lowest BCUT2D eigenvalue weighted by Gasteiger charge is -2.37. The maximum absolute atomic E-state index is 13.6. The third-order valence-corrected chi connectivity index (χ3v) is 6.92. The van der Waals surface area contributed by atoms with Crippen molar-refractivity contribution in [2.24, 2.45) is 0 Å². The molecule has 1 aromatic heterocycles. The molecule has 0 fully saturated rings. The molecule has 2 heterocycles. The number of carbonyl (C=O) groups excluding carboxylic acids is 2. The lowest BCUT2D eigenvalue weighted by molar-refractivity contribution is -0.135. The van der Waals surface area contributed by atoms with E-state index in [1.54, 1.807) is 52.6 Å². The van der Waals surface area contributed by atoms with Gasteiger partial charge >= 0.3 is 6.03 Å². The van der Waals surface area contributed by atoms with Gasteiger partial charge in [0, 0.05) is 34.7 Å². The summed E-state index contributed by atoms with van der Waals surface area (Å²) in [5.74, 6) is -0.145. The summed E-state index contributed by atoms with van der Waals surface area (Å²) in [6.07, 6.45) is 0.746. The first-order valence-electron chi connectivity index (χ1n) is 11.0. The molecular formula is C25H25ClFN3O3S. The van der Waals surface area contributed by atoms with Gasteiger partial charge in [0.15, 0.2) is 0 Å². The second-order valence-electron chi connectivity index (χ2n) is 7.88. The van der Waals surface area contributed by atoms with Gasteiger partial charge in [-0.15, -0.1) is 11.3 Å². The molecule has 1 aliphatic heterocycles. The van der Waals surface area contributed by atoms with Gasteiger partial charge in [0.25, 0.3) is 0 Å². The molecule has 34 heavy (non-hydrogen) atoms. The van der Waals surface area contributed by atoms with E-state index in [0.29, 0.717) is 29.5 Å². The van der Waals surface area contributed by atoms with Gasteiger partial charge in [-0.3, -0.25) is 4.79 Å². The molecule has 0 unspecified atom stereocenters. The molecule has 0 spiro atoms. The topological polar surface area (TPSA) is 61.9 Å². The van der Waals surface area contributed by atoms with Crippen LogP contribution in [-0.2, 0) is 11.2 Å². The van der Waals surface area contributed by atoms with E-state index >= 15 is 0 Å². The summed E-state index contributed by atoms with van der Waals surface area (Å²) >= 11 is 7.65. The van der Waals surface area contributed by atoms with Crippen LogP contribution in [0.2, 0.25) is 5.02 Å². The predicted octanol–water partition coefficient (Wildman–Crippen LogP) is 5.60. The van der Waals surface area contributed by atoms with Crippen molar-refractivity contribution in [3.63, 3.8) is 0 Å². The average molecular weight is 502 g/mol. The predicted molar refractivity (Wildman–Crippen MR) is 132 cm³/mol. The molecule has 9 heteroatoms. The fraction of sp³-hybridized carbons (Fsp3) is 0.280. The van der Waals surface area contributed by atoms with Gasteiger partial charge in [0.1, 0.15) is 24.7 Å². The summed E-state index contributed by atoms with van der Waals surface area (Å²) in [6, 6.07) is 14.1. The van der Waals surface area contributed by atoms with E-state index in [1.807, 2.05) is 18.4 Å². The highest BCUT2D eigenvalue weighted by Gasteiger charge is 2.33. The highest BCUT2D eigenvalue weighted by Crippen LogP contribution is 2.34. The van der Waals surface area contributed by atoms with Crippen LogP contribution in [0.15, 0.2) is 60.0 Å². The minimum Gasteiger partial charge on any atom is -0.491 e. The number of halogens is 2. The summed E-state index contributed by atoms with van der Waals surface area (Å²) in [5, 5.41) is 5.31. The Morgan fingerprint density at radius 2 is 2.06 bits per heavy atom. The summed E-state index contributed by atoms with van der Waals surface area (Å²) in [5.41, 5.74) is 1.60. The molecule has 1 aliphatic rings. The van der Waals surface area contributed by atoms with Crippen LogP contribution in [0.3, 0.4) is 0 Å². The Morgan fingerprint density at radius 1 is 1.24 bits per heavy atom. The standard InChI is InChI=1S/C25H25ClFN3O3S/c1-2-29(25(32)28-19-7-3-5-17(26)13-19)15-24(31)30-11-9-23-21(10-12-34-23)22(30)16-33-20-8-4-6-18(27)14-20/h3-8,10,12-14,22H,2,9,11,15-16H2,1H3,(H,28,32)/t22-/m1/s1. The van der Waals surface area contributed by atoms with Crippen molar-refractivity contribution < 1.29 is 18.7 Å². The Hall–Kier alpha value is -3.10. The maximum atomic E-state index is 13.6. The third kappa shape index (κ3) is 5.69. The van der Waals surface area contributed by atoms with Crippen LogP contribution in [-0.4, -0.2) is 48.0 Å². The number of hydrogen-bond acceptors (Lipinski definition) is 4. The summed E-state index contributed by atoms with van der Waals surface area (Å²) < 4.78 is 19.4. The number of anilines is 1. The molecule has 2 aromatic carbocycles. The molecule has 0 radical (unpaired) electrons. The Labute approximate surface area is 206 Å². The second-order valence-corrected chi connectivity index (χ2v) is 9.31. The first-order chi connectivity index (χ1) is 16.4. The number of rotatable bonds is 7. The number of hydrogen-bond donors (Lipinski definition) is 1. The molecular weight excluding hydrogens is 477 g/mol. The minimum atomic E-state index is -0.380. The number of benzene rings is 2. The van der Waals surface area contributed by atoms with E-state index < -0.39 is 0 Å². The van der Waals surface area contributed by atoms with Crippen molar-refractivity contribution in [1.29, 1.82) is 0 Å². The van der Waals surface area contributed by atoms with E-state index in [9.17, 15) is 14.0 Å². The number of amides is 3. The van der Waals surface area contributed by atoms with Gasteiger partial charge in [-0.25, -0.2) is 9.18 Å². The number of thiophene rings is 1. The Bertz CT molecular complexity index is 1170. The monoisotopic (exact) mass is 501 g/mol. The highest BCUT2D eigenvalue weighted by molar-refractivity contribution is 7.10. The largest absolute Gasteiger partial charge is 0.491 e. The molecule has 1 atom stereocenters. The number of urea groups is 1. The lowest BCUT2D eigenvalue weighted by Crippen LogP contribution is -2.48. The van der Waals surface area contributed by atoms with Crippen molar-refractivity contribution in [3.8, 4) is 5.75 Å². The lowest BCUT2D eigenvalue weighted by atomic mass is 10.0. The van der Waals surface area contributed by atoms with E-state index in [2.05, 4.69) is 5.32 Å². The minimum absolute atomic E-state index is 0.0706. The number of nitrogens with zero attached hydrogens (tertiary/aromatic N) is 2. The zero-order valence-electron chi connectivity index (χ0n) is 18.7. The molecule has 0 saturated carbocycles. The SMILES string of the molecule is CCN(CC(=O)N1CCc2sccc2[C@H]1COc1cccc(F)c1)C(=O)Nc1cccc(Cl)c1. The molecule has 1 N–H and O–H groups in total. The molecule has 3 aromatic rings. The summed E-state index contributed by atoms with van der Waals surface area (Å²) in [4.78, 5) is 30.6. The first kappa shape index (κ1) is 24.0. The molecule has 6 nitrogen and oxygen atoms in total. The van der Waals surface area contributed by atoms with Gasteiger partial charge in [0.2, 0.25) is 5.91 Å². The average Bonchev–Trinajstić information content (AvgIpc) is 3.30. The fourth-order valence-electron chi connectivity index (χ4n) is 3.96. The summed E-state index contributed by atoms with van der Waals surface area (Å²) in [7, 11) is 0. The normalized spacial score (nSPS) is 14.9. The summed E-state index contributed by atoms with van der Waals surface area (Å²) in [6.45, 7) is 2.83. The Kier molecular flexibility index (Phi) is 7.70. The number of likely N-dealkylation sites (N-methyl/N-ethyl adjacent to an activating group) is 1. The molecule has 0 saturated heterocycles. The van der Waals surface area contributed by atoms with Crippen LogP contribution in [0.25, 0.3) is 0 Å². The molecule has 3 amide bonds. The van der Waals surface area contributed by atoms with Crippen molar-refractivity contribution in [2.75, 3.05) is 31.6 Å². The van der Waals surface area contributed by atoms with E-state index in [4.69, 9.17) is 16.3 Å². The molecule has 4 rings (SSSR count). The third-order valence-electron chi connectivity index (χ3n) is 5.69. The smallest absolute Gasteiger partial charge is 0.322 e. The molecule has 0 bridgehead atoms. The van der Waals surface area contributed by atoms with E-state index in [-0.39, 0.29) is 36.9 Å². The second kappa shape index (κ2) is 10.9. The zero-order chi connectivity index (χ0) is 24.1. The van der Waals surface area contributed by atoms with Crippen LogP contribution >= 0.6 is 22.9 Å². The van der Waals surface area contributed by atoms with E-state index in [0.717, 1.165) is 12.0 Å². The van der Waals surface area contributed by atoms with Gasteiger partial charge in [-0.05, 0) is 60.7 Å². The van der Waals surface area contributed by atoms with Crippen molar-refractivity contribution >= 4 is 40.6 Å². The van der Waals surface area contributed by atoms with Crippen LogP contribution in [0.4, 0.5) is 14.9 Å². The quantitative estimate of drug-likeness (QED) is 0.458. The van der Waals surface area contributed by atoms with Crippen molar-refractivity contribution in [3.05, 3.63) is 81.3 Å². The number of carbonyl (C=O) groups is 2. The van der Waals surface area contributed by atoms with E-state index in [1.165, 1.54) is 21.9 Å². The molecule has 178 valence electrons. The van der Waals surface area contributed by atoms with Gasteiger partial charge < -0.3 is 19.9 Å². The Morgan fingerprint density at radius 3 is 2.82 bits per heavy atom. The number of ether oxygens (including phenoxy) is 1. The van der Waals surface area contributed by atoms with Crippen molar-refractivity contribution in [1.82, 2.24) is 9.80 Å². The van der Waals surface area contributed by atoms with Gasteiger partial charge in [0.05, 0.1) is 6.04 Å². The van der Waals surface area contributed by atoms with Gasteiger partial charge in [-0.1, -0.05) is 23.7 Å². The number of nitrogens with one attached hydrogen (secondary N) is 1. The zero-order valence-corrected chi connectivity index (χ0v) is 20.2. The molecule has 0 aliphatic carbocycles. The van der Waals surface area contributed by atoms with Crippen LogP contribution in [0.5, 0.6) is 5.75 Å². The van der Waals surface area contributed by atoms with Crippen LogP contribution in [0.1, 0.15) is 23.4 Å². The Balaban J connectivity index is 1.46. The highest BCUT2D eigenvalue weighted by atomic mass is 35.5. The number of fused-ring (bicyclic) bond motifs is 1. The van der Waals surface area contributed by atoms with Gasteiger partial charge in [-0.2, -0.15) is 0 Å². The first-order valence-corrected chi connectivity index (χ1v) is 12.3. The maximum Gasteiger partial charge on any atom is 0.322 e.